The number of urea groups is 1. The molecule has 2 aromatic rings. The molecule has 0 aromatic heterocycles. The molecule has 6 heteroatoms. The highest BCUT2D eigenvalue weighted by Crippen LogP contribution is 2.32. The van der Waals surface area contributed by atoms with E-state index in [1.165, 1.54) is 0 Å². The molecule has 0 fully saturated rings. The minimum atomic E-state index is -0.589. The van der Waals surface area contributed by atoms with Crippen molar-refractivity contribution in [2.45, 2.75) is 33.7 Å². The maximum Gasteiger partial charge on any atom is 0.338 e. The van der Waals surface area contributed by atoms with Crippen LogP contribution in [0.4, 0.5) is 4.79 Å². The molecular weight excluding hydrogens is 368 g/mol. The van der Waals surface area contributed by atoms with Gasteiger partial charge in [0.2, 0.25) is 0 Å². The van der Waals surface area contributed by atoms with Crippen molar-refractivity contribution in [3.63, 3.8) is 0 Å². The zero-order valence-electron chi connectivity index (χ0n) is 17.1. The van der Waals surface area contributed by atoms with E-state index >= 15 is 0 Å². The second kappa shape index (κ2) is 8.82. The summed E-state index contributed by atoms with van der Waals surface area (Å²) in [6, 6.07) is 14.2. The van der Waals surface area contributed by atoms with Crippen molar-refractivity contribution in [3.8, 4) is 11.5 Å². The number of aryl methyl sites for hydroxylation is 1. The SMILES string of the molecule is CCOC(=O)C1=C(C(C)C)NC(=O)NC1c1ccc(Oc2ccc(C)cc2)cc1. The van der Waals surface area contributed by atoms with Crippen LogP contribution in [0.5, 0.6) is 11.5 Å². The smallest absolute Gasteiger partial charge is 0.338 e. The molecule has 3 rings (SSSR count). The Hall–Kier alpha value is -3.28. The fourth-order valence-corrected chi connectivity index (χ4v) is 3.20. The minimum absolute atomic E-state index is 0.0351. The van der Waals surface area contributed by atoms with E-state index in [0.717, 1.165) is 16.9 Å². The van der Waals surface area contributed by atoms with E-state index in [0.29, 0.717) is 17.0 Å². The molecule has 0 spiro atoms. The number of hydrogen-bond donors (Lipinski definition) is 2. The van der Waals surface area contributed by atoms with Gasteiger partial charge in [-0.2, -0.15) is 0 Å². The molecule has 1 atom stereocenters. The van der Waals surface area contributed by atoms with Crippen LogP contribution in [0.15, 0.2) is 59.8 Å². The Labute approximate surface area is 170 Å². The van der Waals surface area contributed by atoms with Gasteiger partial charge in [-0.05, 0) is 49.6 Å². The average Bonchev–Trinajstić information content (AvgIpc) is 2.69. The van der Waals surface area contributed by atoms with E-state index < -0.39 is 12.0 Å². The molecule has 2 N–H and O–H groups in total. The number of carbonyl (C=O) groups is 2. The highest BCUT2D eigenvalue weighted by molar-refractivity contribution is 5.95. The van der Waals surface area contributed by atoms with E-state index in [1.54, 1.807) is 6.92 Å². The largest absolute Gasteiger partial charge is 0.463 e. The Bertz CT molecular complexity index is 915. The van der Waals surface area contributed by atoms with E-state index in [4.69, 9.17) is 9.47 Å². The van der Waals surface area contributed by atoms with Crippen LogP contribution in [0, 0.1) is 12.8 Å². The number of amides is 2. The highest BCUT2D eigenvalue weighted by atomic mass is 16.5. The molecule has 1 aliphatic rings. The van der Waals surface area contributed by atoms with Gasteiger partial charge in [0.15, 0.2) is 0 Å². The van der Waals surface area contributed by atoms with Crippen LogP contribution < -0.4 is 15.4 Å². The van der Waals surface area contributed by atoms with Gasteiger partial charge >= 0.3 is 12.0 Å². The monoisotopic (exact) mass is 394 g/mol. The Balaban J connectivity index is 1.90. The third-order valence-corrected chi connectivity index (χ3v) is 4.65. The molecule has 0 bridgehead atoms. The molecule has 1 aliphatic heterocycles. The standard InChI is InChI=1S/C23H26N2O4/c1-5-28-22(26)19-20(14(2)3)24-23(27)25-21(19)16-8-12-18(13-9-16)29-17-10-6-15(4)7-11-17/h6-14,21H,5H2,1-4H3,(H2,24,25,27). The number of allylic oxidation sites excluding steroid dienone is 1. The molecule has 6 nitrogen and oxygen atoms in total. The highest BCUT2D eigenvalue weighted by Gasteiger charge is 2.34. The van der Waals surface area contributed by atoms with Gasteiger partial charge in [-0.1, -0.05) is 43.7 Å². The van der Waals surface area contributed by atoms with E-state index in [9.17, 15) is 9.59 Å². The predicted octanol–water partition coefficient (Wildman–Crippen LogP) is 4.61. The zero-order valence-corrected chi connectivity index (χ0v) is 17.1. The van der Waals surface area contributed by atoms with Crippen molar-refractivity contribution in [3.05, 3.63) is 70.9 Å². The van der Waals surface area contributed by atoms with Crippen LogP contribution >= 0.6 is 0 Å². The molecule has 0 radical (unpaired) electrons. The van der Waals surface area contributed by atoms with E-state index in [2.05, 4.69) is 10.6 Å². The van der Waals surface area contributed by atoms with Crippen molar-refractivity contribution in [1.82, 2.24) is 10.6 Å². The van der Waals surface area contributed by atoms with Crippen LogP contribution in [0.25, 0.3) is 0 Å². The maximum absolute atomic E-state index is 12.6. The lowest BCUT2D eigenvalue weighted by atomic mass is 9.91. The van der Waals surface area contributed by atoms with Gasteiger partial charge in [-0.25, -0.2) is 9.59 Å². The van der Waals surface area contributed by atoms with Crippen LogP contribution in [0.3, 0.4) is 0 Å². The second-order valence-electron chi connectivity index (χ2n) is 7.22. The quantitative estimate of drug-likeness (QED) is 0.701. The van der Waals surface area contributed by atoms with Crippen molar-refractivity contribution in [1.29, 1.82) is 0 Å². The van der Waals surface area contributed by atoms with Gasteiger partial charge < -0.3 is 20.1 Å². The summed E-state index contributed by atoms with van der Waals surface area (Å²) in [4.78, 5) is 24.8. The van der Waals surface area contributed by atoms with Crippen LogP contribution in [0.1, 0.15) is 37.9 Å². The molecule has 29 heavy (non-hydrogen) atoms. The number of nitrogens with one attached hydrogen (secondary N) is 2. The summed E-state index contributed by atoms with van der Waals surface area (Å²) < 4.78 is 11.1. The summed E-state index contributed by atoms with van der Waals surface area (Å²) in [6.45, 7) is 7.89. The van der Waals surface area contributed by atoms with Gasteiger partial charge in [0.25, 0.3) is 0 Å². The molecular formula is C23H26N2O4. The molecule has 2 aromatic carbocycles. The van der Waals surface area contributed by atoms with Crippen LogP contribution in [-0.2, 0) is 9.53 Å². The fraction of sp³-hybridized carbons (Fsp3) is 0.304. The van der Waals surface area contributed by atoms with Crippen molar-refractivity contribution in [2.24, 2.45) is 5.92 Å². The topological polar surface area (TPSA) is 76.7 Å². The van der Waals surface area contributed by atoms with E-state index in [1.807, 2.05) is 69.3 Å². The Morgan fingerprint density at radius 2 is 1.62 bits per heavy atom. The predicted molar refractivity (Wildman–Crippen MR) is 111 cm³/mol. The minimum Gasteiger partial charge on any atom is -0.463 e. The molecule has 1 unspecified atom stereocenters. The van der Waals surface area contributed by atoms with Gasteiger partial charge in [-0.15, -0.1) is 0 Å². The van der Waals surface area contributed by atoms with Crippen molar-refractivity contribution < 1.29 is 19.1 Å². The zero-order chi connectivity index (χ0) is 21.0. The molecule has 0 saturated heterocycles. The number of ether oxygens (including phenoxy) is 2. The second-order valence-corrected chi connectivity index (χ2v) is 7.22. The van der Waals surface area contributed by atoms with E-state index in [-0.39, 0.29) is 18.6 Å². The summed E-state index contributed by atoms with van der Waals surface area (Å²) in [5.74, 6) is 0.942. The Kier molecular flexibility index (Phi) is 6.22. The molecule has 152 valence electrons. The third kappa shape index (κ3) is 4.77. The third-order valence-electron chi connectivity index (χ3n) is 4.65. The number of hydrogen-bond acceptors (Lipinski definition) is 4. The summed E-state index contributed by atoms with van der Waals surface area (Å²) in [6.07, 6.45) is 0. The first kappa shape index (κ1) is 20.5. The van der Waals surface area contributed by atoms with Crippen LogP contribution in [-0.4, -0.2) is 18.6 Å². The Morgan fingerprint density at radius 1 is 1.03 bits per heavy atom. The van der Waals surface area contributed by atoms with Gasteiger partial charge in [0, 0.05) is 5.70 Å². The lowest BCUT2D eigenvalue weighted by Gasteiger charge is -2.31. The normalized spacial score (nSPS) is 16.3. The first-order valence-electron chi connectivity index (χ1n) is 9.72. The number of benzene rings is 2. The summed E-state index contributed by atoms with van der Waals surface area (Å²) in [7, 11) is 0. The molecule has 1 heterocycles. The van der Waals surface area contributed by atoms with Crippen LogP contribution in [0.2, 0.25) is 0 Å². The number of rotatable bonds is 6. The molecule has 0 saturated carbocycles. The average molecular weight is 394 g/mol. The Morgan fingerprint density at radius 3 is 2.17 bits per heavy atom. The first-order chi connectivity index (χ1) is 13.9. The molecule has 2 amide bonds. The summed E-state index contributed by atoms with van der Waals surface area (Å²) in [5, 5.41) is 5.59. The maximum atomic E-state index is 12.6. The van der Waals surface area contributed by atoms with Gasteiger partial charge in [-0.3, -0.25) is 0 Å². The fourth-order valence-electron chi connectivity index (χ4n) is 3.20. The number of carbonyl (C=O) groups excluding carboxylic acids is 2. The first-order valence-corrected chi connectivity index (χ1v) is 9.72. The van der Waals surface area contributed by atoms with Crippen molar-refractivity contribution >= 4 is 12.0 Å². The van der Waals surface area contributed by atoms with Crippen molar-refractivity contribution in [2.75, 3.05) is 6.61 Å². The lowest BCUT2D eigenvalue weighted by molar-refractivity contribution is -0.139. The van der Waals surface area contributed by atoms with Gasteiger partial charge in [0.1, 0.15) is 11.5 Å². The van der Waals surface area contributed by atoms with Gasteiger partial charge in [0.05, 0.1) is 18.2 Å². The summed E-state index contributed by atoms with van der Waals surface area (Å²) in [5.41, 5.74) is 2.94. The lowest BCUT2D eigenvalue weighted by Crippen LogP contribution is -2.47. The number of esters is 1. The molecule has 0 aliphatic carbocycles. The summed E-state index contributed by atoms with van der Waals surface area (Å²) >= 11 is 0.